The van der Waals surface area contributed by atoms with Gasteiger partial charge in [-0.2, -0.15) is 4.31 Å². The van der Waals surface area contributed by atoms with Gasteiger partial charge in [0.05, 0.1) is 4.90 Å². The average molecular weight is 405 g/mol. The summed E-state index contributed by atoms with van der Waals surface area (Å²) in [6, 6.07) is 9.98. The van der Waals surface area contributed by atoms with Crippen molar-refractivity contribution in [1.29, 1.82) is 0 Å². The van der Waals surface area contributed by atoms with Crippen LogP contribution in [0.3, 0.4) is 0 Å². The quantitative estimate of drug-likeness (QED) is 0.764. The number of carbonyl (C=O) groups is 1. The van der Waals surface area contributed by atoms with E-state index in [-0.39, 0.29) is 23.5 Å². The monoisotopic (exact) mass is 404 g/mol. The summed E-state index contributed by atoms with van der Waals surface area (Å²) in [5, 5.41) is 2.72. The molecular formula is C21H28N2O4S. The van der Waals surface area contributed by atoms with E-state index in [0.717, 1.165) is 16.7 Å². The van der Waals surface area contributed by atoms with Crippen LogP contribution in [0.15, 0.2) is 41.3 Å². The lowest BCUT2D eigenvalue weighted by molar-refractivity contribution is -0.118. The van der Waals surface area contributed by atoms with Crippen molar-refractivity contribution in [3.8, 4) is 5.75 Å². The number of anilines is 1. The summed E-state index contributed by atoms with van der Waals surface area (Å²) in [5.41, 5.74) is 3.62. The Balaban J connectivity index is 2.02. The molecule has 28 heavy (non-hydrogen) atoms. The average Bonchev–Trinajstić information content (AvgIpc) is 2.60. The van der Waals surface area contributed by atoms with E-state index < -0.39 is 10.0 Å². The molecule has 1 N–H and O–H groups in total. The highest BCUT2D eigenvalue weighted by atomic mass is 32.2. The minimum Gasteiger partial charge on any atom is -0.483 e. The van der Waals surface area contributed by atoms with Gasteiger partial charge in [-0.1, -0.05) is 17.7 Å². The lowest BCUT2D eigenvalue weighted by Crippen LogP contribution is -2.33. The van der Waals surface area contributed by atoms with Gasteiger partial charge in [-0.05, 0) is 70.0 Å². The van der Waals surface area contributed by atoms with E-state index in [1.165, 1.54) is 16.4 Å². The summed E-state index contributed by atoms with van der Waals surface area (Å²) in [4.78, 5) is 12.4. The second-order valence-electron chi connectivity index (χ2n) is 7.20. The molecule has 1 amide bonds. The van der Waals surface area contributed by atoms with Crippen molar-refractivity contribution in [2.45, 2.75) is 45.6 Å². The Morgan fingerprint density at radius 3 is 2.11 bits per heavy atom. The molecule has 0 bridgehead atoms. The summed E-state index contributed by atoms with van der Waals surface area (Å²) < 4.78 is 31.9. The van der Waals surface area contributed by atoms with Crippen molar-refractivity contribution in [3.63, 3.8) is 0 Å². The Morgan fingerprint density at radius 1 is 1.07 bits per heavy atom. The van der Waals surface area contributed by atoms with Crippen LogP contribution in [0.4, 0.5) is 5.69 Å². The summed E-state index contributed by atoms with van der Waals surface area (Å²) >= 11 is 0. The zero-order valence-electron chi connectivity index (χ0n) is 17.2. The number of ether oxygens (including phenoxy) is 1. The number of hydrogen-bond acceptors (Lipinski definition) is 4. The molecule has 0 radical (unpaired) electrons. The number of aryl methyl sites for hydroxylation is 3. The van der Waals surface area contributed by atoms with Crippen molar-refractivity contribution >= 4 is 21.6 Å². The highest BCUT2D eigenvalue weighted by Crippen LogP contribution is 2.24. The first-order chi connectivity index (χ1) is 13.0. The topological polar surface area (TPSA) is 75.7 Å². The van der Waals surface area contributed by atoms with Crippen LogP contribution in [0.5, 0.6) is 5.75 Å². The van der Waals surface area contributed by atoms with Gasteiger partial charge in [-0.25, -0.2) is 8.42 Å². The molecule has 0 heterocycles. The molecule has 0 spiro atoms. The van der Waals surface area contributed by atoms with Gasteiger partial charge in [0.1, 0.15) is 5.75 Å². The molecule has 7 heteroatoms. The second kappa shape index (κ2) is 8.75. The van der Waals surface area contributed by atoms with Crippen LogP contribution in [0.2, 0.25) is 0 Å². The number of sulfonamides is 1. The molecule has 0 atom stereocenters. The van der Waals surface area contributed by atoms with Crippen molar-refractivity contribution in [1.82, 2.24) is 4.31 Å². The Labute approximate surface area is 167 Å². The maximum atomic E-state index is 12.5. The Kier molecular flexibility index (Phi) is 6.85. The number of hydrogen-bond donors (Lipinski definition) is 1. The van der Waals surface area contributed by atoms with Gasteiger partial charge in [-0.15, -0.1) is 0 Å². The van der Waals surface area contributed by atoms with Gasteiger partial charge in [0.2, 0.25) is 10.0 Å². The maximum absolute atomic E-state index is 12.5. The standard InChI is InChI=1S/C21H28N2O4S/c1-14(2)23(6)28(25,26)19-9-7-18(8-10-19)22-20(24)13-27-21-16(4)11-15(3)12-17(21)5/h7-12,14H,13H2,1-6H3,(H,22,24). The molecule has 0 fully saturated rings. The van der Waals surface area contributed by atoms with Gasteiger partial charge in [0.15, 0.2) is 6.61 Å². The van der Waals surface area contributed by atoms with Gasteiger partial charge in [0, 0.05) is 18.8 Å². The third kappa shape index (κ3) is 5.11. The van der Waals surface area contributed by atoms with Crippen LogP contribution in [0.1, 0.15) is 30.5 Å². The molecule has 0 saturated heterocycles. The van der Waals surface area contributed by atoms with E-state index in [4.69, 9.17) is 4.74 Å². The molecule has 0 unspecified atom stereocenters. The lowest BCUT2D eigenvalue weighted by Gasteiger charge is -2.21. The molecule has 2 aromatic carbocycles. The van der Waals surface area contributed by atoms with Crippen LogP contribution in [-0.4, -0.2) is 38.3 Å². The Bertz CT molecular complexity index is 928. The van der Waals surface area contributed by atoms with Crippen molar-refractivity contribution in [2.24, 2.45) is 0 Å². The number of carbonyl (C=O) groups excluding carboxylic acids is 1. The number of amides is 1. The highest BCUT2D eigenvalue weighted by Gasteiger charge is 2.22. The first-order valence-electron chi connectivity index (χ1n) is 9.11. The minimum atomic E-state index is -3.55. The highest BCUT2D eigenvalue weighted by molar-refractivity contribution is 7.89. The van der Waals surface area contributed by atoms with Gasteiger partial charge < -0.3 is 10.1 Å². The van der Waals surface area contributed by atoms with Gasteiger partial charge >= 0.3 is 0 Å². The molecule has 0 aliphatic rings. The summed E-state index contributed by atoms with van der Waals surface area (Å²) in [7, 11) is -2.00. The van der Waals surface area contributed by atoms with Crippen LogP contribution >= 0.6 is 0 Å². The molecular weight excluding hydrogens is 376 g/mol. The minimum absolute atomic E-state index is 0.124. The Hall–Kier alpha value is -2.38. The molecule has 0 aromatic heterocycles. The van der Waals surface area contributed by atoms with Crippen molar-refractivity contribution in [2.75, 3.05) is 19.0 Å². The van der Waals surface area contributed by atoms with Crippen LogP contribution in [0, 0.1) is 20.8 Å². The normalized spacial score (nSPS) is 11.7. The van der Waals surface area contributed by atoms with Gasteiger partial charge in [0.25, 0.3) is 5.91 Å². The van der Waals surface area contributed by atoms with E-state index in [1.54, 1.807) is 19.2 Å². The summed E-state index contributed by atoms with van der Waals surface area (Å²) in [6.07, 6.45) is 0. The maximum Gasteiger partial charge on any atom is 0.262 e. The zero-order chi connectivity index (χ0) is 21.1. The second-order valence-corrected chi connectivity index (χ2v) is 9.20. The molecule has 6 nitrogen and oxygen atoms in total. The third-order valence-corrected chi connectivity index (χ3v) is 6.54. The predicted octanol–water partition coefficient (Wildman–Crippen LogP) is 3.66. The first kappa shape index (κ1) is 21.9. The van der Waals surface area contributed by atoms with E-state index in [2.05, 4.69) is 5.32 Å². The number of nitrogens with zero attached hydrogens (tertiary/aromatic N) is 1. The van der Waals surface area contributed by atoms with E-state index in [1.807, 2.05) is 46.8 Å². The molecule has 0 aliphatic carbocycles. The fraction of sp³-hybridized carbons (Fsp3) is 0.381. The Morgan fingerprint density at radius 2 is 1.61 bits per heavy atom. The van der Waals surface area contributed by atoms with Crippen LogP contribution < -0.4 is 10.1 Å². The molecule has 0 aliphatic heterocycles. The fourth-order valence-corrected chi connectivity index (χ4v) is 4.25. The van der Waals surface area contributed by atoms with Crippen LogP contribution in [0.25, 0.3) is 0 Å². The summed E-state index contributed by atoms with van der Waals surface area (Å²) in [6.45, 7) is 9.40. The number of rotatable bonds is 7. The number of benzene rings is 2. The smallest absolute Gasteiger partial charge is 0.262 e. The molecule has 2 rings (SSSR count). The third-order valence-electron chi connectivity index (χ3n) is 4.49. The van der Waals surface area contributed by atoms with Crippen LogP contribution in [-0.2, 0) is 14.8 Å². The van der Waals surface area contributed by atoms with Crippen molar-refractivity contribution in [3.05, 3.63) is 53.1 Å². The largest absolute Gasteiger partial charge is 0.483 e. The van der Waals surface area contributed by atoms with E-state index in [9.17, 15) is 13.2 Å². The van der Waals surface area contributed by atoms with Crippen molar-refractivity contribution < 1.29 is 17.9 Å². The van der Waals surface area contributed by atoms with E-state index in [0.29, 0.717) is 11.4 Å². The lowest BCUT2D eigenvalue weighted by atomic mass is 10.1. The van der Waals surface area contributed by atoms with Gasteiger partial charge in [-0.3, -0.25) is 4.79 Å². The molecule has 2 aromatic rings. The SMILES string of the molecule is Cc1cc(C)c(OCC(=O)Nc2ccc(S(=O)(=O)N(C)C(C)C)cc2)c(C)c1. The first-order valence-corrected chi connectivity index (χ1v) is 10.5. The summed E-state index contributed by atoms with van der Waals surface area (Å²) in [5.74, 6) is 0.396. The zero-order valence-corrected chi connectivity index (χ0v) is 18.1. The number of nitrogens with one attached hydrogen (secondary N) is 1. The predicted molar refractivity (Wildman–Crippen MR) is 111 cm³/mol. The molecule has 152 valence electrons. The molecule has 0 saturated carbocycles. The fourth-order valence-electron chi connectivity index (χ4n) is 2.88. The van der Waals surface area contributed by atoms with E-state index >= 15 is 0 Å².